The first-order chi connectivity index (χ1) is 23.7. The Morgan fingerprint density at radius 3 is 2.12 bits per heavy atom. The summed E-state index contributed by atoms with van der Waals surface area (Å²) < 4.78 is 70.6. The van der Waals surface area contributed by atoms with Gasteiger partial charge in [0, 0.05) is 12.1 Å². The fourth-order valence-electron chi connectivity index (χ4n) is 5.19. The molecule has 51 heavy (non-hydrogen) atoms. The van der Waals surface area contributed by atoms with E-state index in [1.54, 1.807) is 43.3 Å². The number of hydrogen-bond acceptors (Lipinski definition) is 4. The molecule has 4 aromatic carbocycles. The van der Waals surface area contributed by atoms with Crippen molar-refractivity contribution in [2.75, 3.05) is 17.6 Å². The SMILES string of the molecule is Cc1cc(NC(=O)C(Cc2ccc(C(=O)NCCS(=O)(=O)O)cc2)c2ccc(/C=C/C(C)(C)C)cc2)c(Cl)cc1-c1ccc(C(F)(F)F)c(Cl)c1. The number of carbonyl (C=O) groups is 2. The van der Waals surface area contributed by atoms with Gasteiger partial charge in [0.15, 0.2) is 0 Å². The molecule has 4 aromatic rings. The van der Waals surface area contributed by atoms with Crippen LogP contribution in [0.25, 0.3) is 17.2 Å². The predicted octanol–water partition coefficient (Wildman–Crippen LogP) is 9.63. The zero-order valence-corrected chi connectivity index (χ0v) is 30.6. The van der Waals surface area contributed by atoms with Crippen LogP contribution in [0.4, 0.5) is 18.9 Å². The number of allylic oxidation sites excluding steroid dienone is 1. The van der Waals surface area contributed by atoms with Crippen molar-refractivity contribution in [1.29, 1.82) is 0 Å². The first-order valence-corrected chi connectivity index (χ1v) is 18.2. The van der Waals surface area contributed by atoms with Gasteiger partial charge in [0.25, 0.3) is 16.0 Å². The molecule has 0 aromatic heterocycles. The van der Waals surface area contributed by atoms with Crippen molar-refractivity contribution in [2.45, 2.75) is 46.2 Å². The minimum absolute atomic E-state index is 0.0214. The lowest BCUT2D eigenvalue weighted by atomic mass is 9.89. The van der Waals surface area contributed by atoms with Crippen LogP contribution >= 0.6 is 23.2 Å². The zero-order valence-electron chi connectivity index (χ0n) is 28.2. The first-order valence-electron chi connectivity index (χ1n) is 15.8. The third kappa shape index (κ3) is 11.4. The van der Waals surface area contributed by atoms with Crippen LogP contribution in [-0.4, -0.2) is 37.1 Å². The normalized spacial score (nSPS) is 12.9. The highest BCUT2D eigenvalue weighted by molar-refractivity contribution is 7.85. The maximum absolute atomic E-state index is 14.0. The van der Waals surface area contributed by atoms with E-state index in [2.05, 4.69) is 37.5 Å². The molecule has 0 heterocycles. The van der Waals surface area contributed by atoms with E-state index in [0.717, 1.165) is 22.8 Å². The molecule has 0 radical (unpaired) electrons. The summed E-state index contributed by atoms with van der Waals surface area (Å²) in [6, 6.07) is 20.7. The van der Waals surface area contributed by atoms with Gasteiger partial charge < -0.3 is 10.6 Å². The van der Waals surface area contributed by atoms with Gasteiger partial charge in [-0.05, 0) is 88.5 Å². The number of rotatable bonds is 11. The predicted molar refractivity (Wildman–Crippen MR) is 197 cm³/mol. The second-order valence-electron chi connectivity index (χ2n) is 13.2. The van der Waals surface area contributed by atoms with Gasteiger partial charge in [-0.3, -0.25) is 14.1 Å². The van der Waals surface area contributed by atoms with E-state index in [0.29, 0.717) is 22.4 Å². The number of aryl methyl sites for hydroxylation is 1. The lowest BCUT2D eigenvalue weighted by Crippen LogP contribution is -2.28. The van der Waals surface area contributed by atoms with Crippen molar-refractivity contribution in [3.05, 3.63) is 128 Å². The van der Waals surface area contributed by atoms with E-state index in [1.165, 1.54) is 12.1 Å². The smallest absolute Gasteiger partial charge is 0.351 e. The number of benzene rings is 4. The fraction of sp³-hybridized carbons (Fsp3) is 0.263. The second kappa shape index (κ2) is 16.0. The molecule has 0 fully saturated rings. The molecule has 0 saturated heterocycles. The molecule has 4 rings (SSSR count). The van der Waals surface area contributed by atoms with Crippen LogP contribution in [-0.2, 0) is 27.5 Å². The minimum Gasteiger partial charge on any atom is -0.351 e. The third-order valence-electron chi connectivity index (χ3n) is 7.89. The largest absolute Gasteiger partial charge is 0.417 e. The Balaban J connectivity index is 1.60. The Hall–Kier alpha value is -4.16. The van der Waals surface area contributed by atoms with Crippen LogP contribution in [0.5, 0.6) is 0 Å². The van der Waals surface area contributed by atoms with Crippen molar-refractivity contribution >= 4 is 56.9 Å². The van der Waals surface area contributed by atoms with Crippen molar-refractivity contribution in [3.63, 3.8) is 0 Å². The highest BCUT2D eigenvalue weighted by Crippen LogP contribution is 2.39. The Labute approximate surface area is 305 Å². The molecule has 1 atom stereocenters. The Morgan fingerprint density at radius 2 is 1.55 bits per heavy atom. The van der Waals surface area contributed by atoms with E-state index in [1.807, 2.05) is 30.3 Å². The van der Waals surface area contributed by atoms with E-state index in [-0.39, 0.29) is 34.9 Å². The number of alkyl halides is 3. The summed E-state index contributed by atoms with van der Waals surface area (Å²) in [6.07, 6.45) is -0.265. The van der Waals surface area contributed by atoms with E-state index >= 15 is 0 Å². The highest BCUT2D eigenvalue weighted by Gasteiger charge is 2.33. The second-order valence-corrected chi connectivity index (χ2v) is 15.6. The molecule has 3 N–H and O–H groups in total. The molecule has 0 aliphatic rings. The summed E-state index contributed by atoms with van der Waals surface area (Å²) in [4.78, 5) is 26.5. The van der Waals surface area contributed by atoms with Gasteiger partial charge in [0.1, 0.15) is 0 Å². The molecular weight excluding hydrogens is 724 g/mol. The average molecular weight is 762 g/mol. The van der Waals surface area contributed by atoms with E-state index in [9.17, 15) is 31.2 Å². The average Bonchev–Trinajstić information content (AvgIpc) is 3.03. The fourth-order valence-corrected chi connectivity index (χ4v) is 6.05. The van der Waals surface area contributed by atoms with Gasteiger partial charge in [0.2, 0.25) is 5.91 Å². The molecule has 0 aliphatic carbocycles. The lowest BCUT2D eigenvalue weighted by Gasteiger charge is -2.20. The van der Waals surface area contributed by atoms with Crippen LogP contribution in [0.15, 0.2) is 84.9 Å². The van der Waals surface area contributed by atoms with Gasteiger partial charge >= 0.3 is 6.18 Å². The molecule has 0 bridgehead atoms. The van der Waals surface area contributed by atoms with Gasteiger partial charge in [0.05, 0.1) is 33.0 Å². The number of hydrogen-bond donors (Lipinski definition) is 3. The van der Waals surface area contributed by atoms with E-state index < -0.39 is 44.5 Å². The molecule has 7 nitrogen and oxygen atoms in total. The zero-order chi connectivity index (χ0) is 37.7. The number of amides is 2. The molecule has 13 heteroatoms. The quantitative estimate of drug-likeness (QED) is 0.132. The Bertz CT molecular complexity index is 2040. The Kier molecular flexibility index (Phi) is 12.4. The topological polar surface area (TPSA) is 113 Å². The Morgan fingerprint density at radius 1 is 0.902 bits per heavy atom. The van der Waals surface area contributed by atoms with Crippen LogP contribution < -0.4 is 10.6 Å². The summed E-state index contributed by atoms with van der Waals surface area (Å²) in [5.74, 6) is -2.21. The van der Waals surface area contributed by atoms with Crippen LogP contribution in [0.2, 0.25) is 10.0 Å². The van der Waals surface area contributed by atoms with Crippen LogP contribution in [0.3, 0.4) is 0 Å². The van der Waals surface area contributed by atoms with Crippen LogP contribution in [0.1, 0.15) is 64.9 Å². The maximum atomic E-state index is 14.0. The lowest BCUT2D eigenvalue weighted by molar-refractivity contribution is -0.137. The standard InChI is InChI=1S/C38H37Cl2F3N2O5S/c1-23-19-34(33(40)22-29(23)28-13-14-31(32(39)21-28)38(41,42)43)45-36(47)30(26-9-5-24(6-10-26)15-16-37(2,3)4)20-25-7-11-27(12-8-25)35(46)44-17-18-51(48,49)50/h5-16,19,21-22,30H,17-18,20H2,1-4H3,(H,44,46)(H,45,47)(H,48,49,50)/b16-15+. The molecule has 270 valence electrons. The minimum atomic E-state index is -4.60. The van der Waals surface area contributed by atoms with Crippen molar-refractivity contribution in [2.24, 2.45) is 5.41 Å². The molecule has 0 aliphatic heterocycles. The first kappa shape index (κ1) is 39.6. The summed E-state index contributed by atoms with van der Waals surface area (Å²) >= 11 is 12.6. The summed E-state index contributed by atoms with van der Waals surface area (Å²) in [6.45, 7) is 7.75. The van der Waals surface area contributed by atoms with Crippen molar-refractivity contribution < 1.29 is 35.7 Å². The van der Waals surface area contributed by atoms with Gasteiger partial charge in [-0.15, -0.1) is 0 Å². The van der Waals surface area contributed by atoms with E-state index in [4.69, 9.17) is 27.8 Å². The molecule has 0 saturated carbocycles. The molecule has 0 spiro atoms. The molecular formula is C38H37Cl2F3N2O5S. The summed E-state index contributed by atoms with van der Waals surface area (Å²) in [5.41, 5.74) is 3.64. The monoisotopic (exact) mass is 760 g/mol. The van der Waals surface area contributed by atoms with Crippen LogP contribution in [0, 0.1) is 12.3 Å². The number of anilines is 1. The van der Waals surface area contributed by atoms with Gasteiger partial charge in [-0.25, -0.2) is 0 Å². The number of nitrogens with one attached hydrogen (secondary N) is 2. The molecule has 2 amide bonds. The summed E-state index contributed by atoms with van der Waals surface area (Å²) in [7, 11) is -4.22. The van der Waals surface area contributed by atoms with Gasteiger partial charge in [-0.1, -0.05) is 98.6 Å². The third-order valence-corrected chi connectivity index (χ3v) is 9.24. The van der Waals surface area contributed by atoms with Crippen molar-refractivity contribution in [3.8, 4) is 11.1 Å². The summed E-state index contributed by atoms with van der Waals surface area (Å²) in [5, 5.41) is 5.08. The number of halogens is 5. The van der Waals surface area contributed by atoms with Crippen molar-refractivity contribution in [1.82, 2.24) is 5.32 Å². The van der Waals surface area contributed by atoms with Gasteiger partial charge in [-0.2, -0.15) is 21.6 Å². The number of carbonyl (C=O) groups excluding carboxylic acids is 2. The molecule has 1 unspecified atom stereocenters. The maximum Gasteiger partial charge on any atom is 0.417 e. The highest BCUT2D eigenvalue weighted by atomic mass is 35.5.